The van der Waals surface area contributed by atoms with Crippen molar-refractivity contribution in [3.05, 3.63) is 113 Å². The number of rotatable bonds is 5. The van der Waals surface area contributed by atoms with Crippen LogP contribution in [0.2, 0.25) is 0 Å². The Morgan fingerprint density at radius 3 is 2.17 bits per heavy atom. The lowest BCUT2D eigenvalue weighted by atomic mass is 9.92. The summed E-state index contributed by atoms with van der Waals surface area (Å²) in [7, 11) is -3.33. The summed E-state index contributed by atoms with van der Waals surface area (Å²) in [4.78, 5) is 0. The van der Waals surface area contributed by atoms with E-state index in [1.807, 2.05) is 84.6 Å². The lowest BCUT2D eigenvalue weighted by Crippen LogP contribution is -2.21. The van der Waals surface area contributed by atoms with Gasteiger partial charge in [-0.25, -0.2) is 0 Å². The lowest BCUT2D eigenvalue weighted by molar-refractivity contribution is 0.498. The van der Waals surface area contributed by atoms with Crippen molar-refractivity contribution < 1.29 is 9.09 Å². The van der Waals surface area contributed by atoms with Crippen LogP contribution in [0.25, 0.3) is 0 Å². The van der Waals surface area contributed by atoms with Gasteiger partial charge in [0.25, 0.3) is 0 Å². The van der Waals surface area contributed by atoms with Crippen molar-refractivity contribution in [3.63, 3.8) is 0 Å². The number of benzene rings is 3. The van der Waals surface area contributed by atoms with Gasteiger partial charge in [-0.2, -0.15) is 0 Å². The first kappa shape index (κ1) is 19.0. The van der Waals surface area contributed by atoms with Crippen LogP contribution in [0.4, 0.5) is 0 Å². The highest BCUT2D eigenvalue weighted by molar-refractivity contribution is 9.10. The molecule has 1 saturated heterocycles. The molecule has 0 saturated carbocycles. The van der Waals surface area contributed by atoms with Gasteiger partial charge in [-0.15, -0.1) is 11.8 Å². The second kappa shape index (κ2) is 7.36. The normalized spacial score (nSPS) is 22.2. The Kier molecular flexibility index (Phi) is 4.82. The molecule has 5 heteroatoms. The number of halogens is 1. The number of hydrogen-bond donors (Lipinski definition) is 0. The predicted octanol–water partition coefficient (Wildman–Crippen LogP) is 6.19. The molecule has 1 heterocycles. The molecule has 3 aromatic carbocycles. The Bertz CT molecular complexity index is 1120. The van der Waals surface area contributed by atoms with Crippen LogP contribution in [0.1, 0.15) is 5.56 Å². The molecule has 0 spiro atoms. The molecule has 3 aromatic rings. The van der Waals surface area contributed by atoms with E-state index in [1.165, 1.54) is 0 Å². The molecule has 1 aliphatic carbocycles. The Morgan fingerprint density at radius 2 is 1.55 bits per heavy atom. The summed E-state index contributed by atoms with van der Waals surface area (Å²) in [6, 6.07) is 25.0. The van der Waals surface area contributed by atoms with Crippen molar-refractivity contribution in [1.29, 1.82) is 0 Å². The fourth-order valence-corrected chi connectivity index (χ4v) is 7.36. The third-order valence-corrected chi connectivity index (χ3v) is 9.64. The minimum Gasteiger partial charge on any atom is -0.436 e. The Labute approximate surface area is 183 Å². The Hall–Kier alpha value is -2.00. The maximum absolute atomic E-state index is 14.4. The van der Waals surface area contributed by atoms with Crippen molar-refractivity contribution in [3.8, 4) is 5.75 Å². The van der Waals surface area contributed by atoms with Crippen LogP contribution in [0.15, 0.2) is 108 Å². The second-order valence-corrected chi connectivity index (χ2v) is 11.7. The molecular formula is C24H18BrO2PS. The molecule has 0 aromatic heterocycles. The highest BCUT2D eigenvalue weighted by atomic mass is 79.9. The summed E-state index contributed by atoms with van der Waals surface area (Å²) in [5.74, 6) is 0.658. The topological polar surface area (TPSA) is 26.3 Å². The maximum Gasteiger partial charge on any atom is 0.306 e. The largest absolute Gasteiger partial charge is 0.436 e. The van der Waals surface area contributed by atoms with Crippen LogP contribution < -0.4 is 15.1 Å². The van der Waals surface area contributed by atoms with Gasteiger partial charge in [0.15, 0.2) is 0 Å². The number of fused-ring (bicyclic) bond motifs is 1. The van der Waals surface area contributed by atoms with Crippen molar-refractivity contribution in [1.82, 2.24) is 0 Å². The van der Waals surface area contributed by atoms with E-state index >= 15 is 0 Å². The van der Waals surface area contributed by atoms with Gasteiger partial charge in [-0.1, -0.05) is 82.7 Å². The number of hydrogen-bond acceptors (Lipinski definition) is 3. The lowest BCUT2D eigenvalue weighted by Gasteiger charge is -2.24. The van der Waals surface area contributed by atoms with Crippen LogP contribution in [0.3, 0.4) is 0 Å². The maximum atomic E-state index is 14.4. The first-order valence-electron chi connectivity index (χ1n) is 9.37. The zero-order chi connectivity index (χ0) is 19.9. The van der Waals surface area contributed by atoms with E-state index in [4.69, 9.17) is 4.52 Å². The van der Waals surface area contributed by atoms with Gasteiger partial charge in [-0.05, 0) is 36.4 Å². The van der Waals surface area contributed by atoms with E-state index in [1.54, 1.807) is 0 Å². The molecule has 1 fully saturated rings. The molecule has 29 heavy (non-hydrogen) atoms. The van der Waals surface area contributed by atoms with Crippen LogP contribution in [0, 0.1) is 0 Å². The number of allylic oxidation sites excluding steroid dienone is 2. The first-order chi connectivity index (χ1) is 14.1. The molecular weight excluding hydrogens is 463 g/mol. The van der Waals surface area contributed by atoms with Crippen LogP contribution in [0.5, 0.6) is 5.75 Å². The molecule has 2 unspecified atom stereocenters. The van der Waals surface area contributed by atoms with Gasteiger partial charge in [0.2, 0.25) is 0 Å². The minimum atomic E-state index is -3.33. The SMILES string of the molecule is O=P(Oc1cc(Br)ccc1C12C=CC=CC1S2)(c1ccccc1)c1ccccc1. The van der Waals surface area contributed by atoms with E-state index in [2.05, 4.69) is 46.3 Å². The van der Waals surface area contributed by atoms with Gasteiger partial charge < -0.3 is 4.52 Å². The smallest absolute Gasteiger partial charge is 0.306 e. The molecule has 1 aliphatic heterocycles. The van der Waals surface area contributed by atoms with Gasteiger partial charge in [0.05, 0.1) is 15.4 Å². The zero-order valence-electron chi connectivity index (χ0n) is 15.4. The third kappa shape index (κ3) is 3.34. The molecule has 5 rings (SSSR count). The second-order valence-electron chi connectivity index (χ2n) is 7.03. The van der Waals surface area contributed by atoms with Gasteiger partial charge in [0, 0.05) is 15.3 Å². The predicted molar refractivity (Wildman–Crippen MR) is 126 cm³/mol. The average Bonchev–Trinajstić information content (AvgIpc) is 3.50. The molecule has 2 aliphatic rings. The van der Waals surface area contributed by atoms with Crippen molar-refractivity contribution in [2.24, 2.45) is 0 Å². The molecule has 2 nitrogen and oxygen atoms in total. The third-order valence-electron chi connectivity index (χ3n) is 5.21. The van der Waals surface area contributed by atoms with Crippen molar-refractivity contribution in [2.75, 3.05) is 0 Å². The summed E-state index contributed by atoms with van der Waals surface area (Å²) in [6.45, 7) is 0. The van der Waals surface area contributed by atoms with E-state index in [-0.39, 0.29) is 4.75 Å². The molecule has 0 bridgehead atoms. The first-order valence-corrected chi connectivity index (χ1v) is 12.7. The molecule has 144 valence electrons. The summed E-state index contributed by atoms with van der Waals surface area (Å²) in [5, 5.41) is 1.77. The summed E-state index contributed by atoms with van der Waals surface area (Å²) >= 11 is 5.44. The Morgan fingerprint density at radius 1 is 0.897 bits per heavy atom. The molecule has 0 radical (unpaired) electrons. The van der Waals surface area contributed by atoms with E-state index < -0.39 is 7.37 Å². The minimum absolute atomic E-state index is 0.136. The van der Waals surface area contributed by atoms with Crippen LogP contribution in [-0.2, 0) is 9.31 Å². The standard InChI is InChI=1S/C24H18BrO2PS/c25-18-14-15-21(24-16-8-7-13-23(24)29-24)22(17-18)27-28(26,19-9-3-1-4-10-19)20-11-5-2-6-12-20/h1-17,23H. The van der Waals surface area contributed by atoms with E-state index in [0.29, 0.717) is 21.6 Å². The highest BCUT2D eigenvalue weighted by Gasteiger charge is 2.56. The number of thioether (sulfide) groups is 1. The molecule has 0 amide bonds. The summed E-state index contributed by atoms with van der Waals surface area (Å²) in [5.41, 5.74) is 1.06. The van der Waals surface area contributed by atoms with Gasteiger partial charge in [0.1, 0.15) is 5.75 Å². The summed E-state index contributed by atoms with van der Waals surface area (Å²) < 4.78 is 21.6. The van der Waals surface area contributed by atoms with Crippen molar-refractivity contribution in [2.45, 2.75) is 10.00 Å². The quantitative estimate of drug-likeness (QED) is 0.321. The van der Waals surface area contributed by atoms with Crippen molar-refractivity contribution >= 4 is 45.7 Å². The van der Waals surface area contributed by atoms with Crippen LogP contribution in [-0.4, -0.2) is 5.25 Å². The Balaban J connectivity index is 1.64. The van der Waals surface area contributed by atoms with Gasteiger partial charge in [-0.3, -0.25) is 4.57 Å². The highest BCUT2D eigenvalue weighted by Crippen LogP contribution is 2.66. The van der Waals surface area contributed by atoms with Crippen LogP contribution >= 0.6 is 35.1 Å². The fraction of sp³-hybridized carbons (Fsp3) is 0.0833. The van der Waals surface area contributed by atoms with Gasteiger partial charge >= 0.3 is 7.37 Å². The van der Waals surface area contributed by atoms with E-state index in [9.17, 15) is 4.57 Å². The molecule has 2 atom stereocenters. The average molecular weight is 481 g/mol. The molecule has 0 N–H and O–H groups in total. The van der Waals surface area contributed by atoms with E-state index in [0.717, 1.165) is 10.0 Å². The summed E-state index contributed by atoms with van der Waals surface area (Å²) in [6.07, 6.45) is 8.59. The monoisotopic (exact) mass is 480 g/mol. The zero-order valence-corrected chi connectivity index (χ0v) is 18.7. The fourth-order valence-electron chi connectivity index (χ4n) is 3.70.